The maximum Gasteiger partial charge on any atom is 0.333 e. The molecule has 1 saturated heterocycles. The van der Waals surface area contributed by atoms with E-state index in [-0.39, 0.29) is 16.8 Å². The lowest BCUT2D eigenvalue weighted by molar-refractivity contribution is 0.0781. The number of hydrogen-bond acceptors (Lipinski definition) is 3. The SMILES string of the molecule is CC(C)P1(=O)OCCC(c2ccc(F)c(Cl)c2)O1. The summed E-state index contributed by atoms with van der Waals surface area (Å²) in [5.41, 5.74) is 0.529. The Hall–Kier alpha value is -0.410. The van der Waals surface area contributed by atoms with Crippen LogP contribution in [0, 0.1) is 5.82 Å². The zero-order valence-electron chi connectivity index (χ0n) is 10.2. The third kappa shape index (κ3) is 2.77. The van der Waals surface area contributed by atoms with Crippen molar-refractivity contribution in [3.63, 3.8) is 0 Å². The predicted octanol–water partition coefficient (Wildman–Crippen LogP) is 4.56. The van der Waals surface area contributed by atoms with Gasteiger partial charge in [-0.05, 0) is 17.7 Å². The number of rotatable bonds is 2. The molecule has 0 N–H and O–H groups in total. The van der Waals surface area contributed by atoms with Crippen LogP contribution in [0.15, 0.2) is 18.2 Å². The van der Waals surface area contributed by atoms with Gasteiger partial charge in [0.15, 0.2) is 0 Å². The van der Waals surface area contributed by atoms with Gasteiger partial charge in [0.25, 0.3) is 0 Å². The van der Waals surface area contributed by atoms with Crippen LogP contribution < -0.4 is 0 Å². The normalized spacial score (nSPS) is 28.6. The van der Waals surface area contributed by atoms with Crippen LogP contribution in [-0.2, 0) is 13.6 Å². The molecule has 1 aliphatic rings. The van der Waals surface area contributed by atoms with Crippen molar-refractivity contribution in [2.75, 3.05) is 6.61 Å². The fraction of sp³-hybridized carbons (Fsp3) is 0.500. The lowest BCUT2D eigenvalue weighted by Crippen LogP contribution is -2.18. The Balaban J connectivity index is 2.23. The number of hydrogen-bond donors (Lipinski definition) is 0. The van der Waals surface area contributed by atoms with E-state index in [0.29, 0.717) is 13.0 Å². The van der Waals surface area contributed by atoms with Gasteiger partial charge in [0.2, 0.25) is 0 Å². The van der Waals surface area contributed by atoms with Gasteiger partial charge < -0.3 is 9.05 Å². The van der Waals surface area contributed by atoms with Gasteiger partial charge in [-0.3, -0.25) is 4.57 Å². The molecule has 0 saturated carbocycles. The second-order valence-electron chi connectivity index (χ2n) is 4.52. The van der Waals surface area contributed by atoms with Crippen molar-refractivity contribution in [1.29, 1.82) is 0 Å². The smallest absolute Gasteiger partial charge is 0.308 e. The van der Waals surface area contributed by atoms with Crippen molar-refractivity contribution < 1.29 is 18.0 Å². The molecule has 1 aromatic carbocycles. The van der Waals surface area contributed by atoms with Gasteiger partial charge in [0, 0.05) is 6.42 Å². The molecular formula is C12H15ClFO3P. The Morgan fingerprint density at radius 2 is 2.22 bits per heavy atom. The fourth-order valence-corrected chi connectivity index (χ4v) is 3.49. The van der Waals surface area contributed by atoms with E-state index in [1.165, 1.54) is 12.1 Å². The summed E-state index contributed by atoms with van der Waals surface area (Å²) in [6.07, 6.45) is 0.226. The van der Waals surface area contributed by atoms with Crippen LogP contribution in [-0.4, -0.2) is 12.3 Å². The summed E-state index contributed by atoms with van der Waals surface area (Å²) in [5.74, 6) is -0.473. The van der Waals surface area contributed by atoms with Crippen molar-refractivity contribution in [2.24, 2.45) is 0 Å². The van der Waals surface area contributed by atoms with Gasteiger partial charge in [0.1, 0.15) is 5.82 Å². The van der Waals surface area contributed by atoms with Gasteiger partial charge in [-0.2, -0.15) is 0 Å². The summed E-state index contributed by atoms with van der Waals surface area (Å²) in [6, 6.07) is 4.40. The lowest BCUT2D eigenvalue weighted by Gasteiger charge is -2.32. The van der Waals surface area contributed by atoms with E-state index >= 15 is 0 Å². The standard InChI is InChI=1S/C12H15ClFO3P/c1-8(2)18(15)16-6-5-12(17-18)9-3-4-11(14)10(13)7-9/h3-4,7-8,12H,5-6H2,1-2H3. The van der Waals surface area contributed by atoms with Crippen LogP contribution in [0.25, 0.3) is 0 Å². The largest absolute Gasteiger partial charge is 0.333 e. The highest BCUT2D eigenvalue weighted by Gasteiger charge is 2.37. The molecule has 0 amide bonds. The molecule has 2 atom stereocenters. The second kappa shape index (κ2) is 5.30. The summed E-state index contributed by atoms with van der Waals surface area (Å²) in [7, 11) is -3.07. The topological polar surface area (TPSA) is 35.5 Å². The van der Waals surface area contributed by atoms with Gasteiger partial charge in [-0.15, -0.1) is 0 Å². The molecule has 1 aliphatic heterocycles. The Bertz CT molecular complexity index is 492. The molecule has 100 valence electrons. The summed E-state index contributed by atoms with van der Waals surface area (Å²) < 4.78 is 36.2. The zero-order valence-corrected chi connectivity index (χ0v) is 11.9. The third-order valence-corrected chi connectivity index (χ3v) is 5.52. The first-order valence-corrected chi connectivity index (χ1v) is 7.79. The molecular weight excluding hydrogens is 278 g/mol. The molecule has 0 spiro atoms. The van der Waals surface area contributed by atoms with Gasteiger partial charge in [-0.1, -0.05) is 31.5 Å². The van der Waals surface area contributed by atoms with Crippen molar-refractivity contribution in [3.05, 3.63) is 34.6 Å². The third-order valence-electron chi connectivity index (χ3n) is 2.87. The van der Waals surface area contributed by atoms with Crippen LogP contribution in [0.1, 0.15) is 31.9 Å². The minimum absolute atomic E-state index is 0.0435. The van der Waals surface area contributed by atoms with Crippen LogP contribution in [0.5, 0.6) is 0 Å². The van der Waals surface area contributed by atoms with Gasteiger partial charge in [-0.25, -0.2) is 4.39 Å². The van der Waals surface area contributed by atoms with Gasteiger partial charge >= 0.3 is 7.60 Å². The first kappa shape index (κ1) is 14.0. The van der Waals surface area contributed by atoms with Crippen LogP contribution in [0.3, 0.4) is 0 Å². The Morgan fingerprint density at radius 3 is 2.83 bits per heavy atom. The summed E-state index contributed by atoms with van der Waals surface area (Å²) >= 11 is 5.74. The molecule has 1 heterocycles. The average molecular weight is 293 g/mol. The molecule has 0 aliphatic carbocycles. The van der Waals surface area contributed by atoms with E-state index in [9.17, 15) is 8.96 Å². The van der Waals surface area contributed by atoms with Gasteiger partial charge in [0.05, 0.1) is 23.4 Å². The lowest BCUT2D eigenvalue weighted by atomic mass is 10.1. The quantitative estimate of drug-likeness (QED) is 0.750. The van der Waals surface area contributed by atoms with Crippen molar-refractivity contribution in [1.82, 2.24) is 0 Å². The molecule has 0 radical (unpaired) electrons. The average Bonchev–Trinajstić information content (AvgIpc) is 2.32. The summed E-state index contributed by atoms with van der Waals surface area (Å²) in [5, 5.41) is 0.0435. The monoisotopic (exact) mass is 292 g/mol. The molecule has 1 aromatic rings. The van der Waals surface area contributed by atoms with Crippen molar-refractivity contribution in [2.45, 2.75) is 32.0 Å². The summed E-state index contributed by atoms with van der Waals surface area (Å²) in [4.78, 5) is 0. The Labute approximate surface area is 111 Å². The van der Waals surface area contributed by atoms with Crippen LogP contribution in [0.4, 0.5) is 4.39 Å². The first-order valence-electron chi connectivity index (χ1n) is 5.80. The molecule has 0 bridgehead atoms. The fourth-order valence-electron chi connectivity index (χ4n) is 1.76. The molecule has 0 aromatic heterocycles. The second-order valence-corrected chi connectivity index (χ2v) is 7.51. The molecule has 18 heavy (non-hydrogen) atoms. The van der Waals surface area contributed by atoms with Crippen LogP contribution in [0.2, 0.25) is 5.02 Å². The highest BCUT2D eigenvalue weighted by molar-refractivity contribution is 7.54. The van der Waals surface area contributed by atoms with E-state index in [4.69, 9.17) is 20.6 Å². The van der Waals surface area contributed by atoms with Crippen LogP contribution >= 0.6 is 19.2 Å². The van der Waals surface area contributed by atoms with E-state index in [2.05, 4.69) is 0 Å². The minimum Gasteiger partial charge on any atom is -0.308 e. The molecule has 2 rings (SSSR count). The van der Waals surface area contributed by atoms with E-state index in [1.807, 2.05) is 0 Å². The Kier molecular flexibility index (Phi) is 4.12. The number of benzene rings is 1. The molecule has 2 unspecified atom stereocenters. The van der Waals surface area contributed by atoms with Crippen molar-refractivity contribution >= 4 is 19.2 Å². The minimum atomic E-state index is -3.07. The first-order chi connectivity index (χ1) is 8.42. The molecule has 3 nitrogen and oxygen atoms in total. The molecule has 6 heteroatoms. The highest BCUT2D eigenvalue weighted by atomic mass is 35.5. The van der Waals surface area contributed by atoms with E-state index in [1.54, 1.807) is 19.9 Å². The maximum atomic E-state index is 13.1. The predicted molar refractivity (Wildman–Crippen MR) is 68.5 cm³/mol. The number of halogens is 2. The van der Waals surface area contributed by atoms with E-state index < -0.39 is 13.4 Å². The Morgan fingerprint density at radius 1 is 1.50 bits per heavy atom. The molecule has 1 fully saturated rings. The van der Waals surface area contributed by atoms with E-state index in [0.717, 1.165) is 5.56 Å². The van der Waals surface area contributed by atoms with Crippen molar-refractivity contribution in [3.8, 4) is 0 Å². The summed E-state index contributed by atoms with van der Waals surface area (Å²) in [6.45, 7) is 3.96. The maximum absolute atomic E-state index is 13.1. The zero-order chi connectivity index (χ0) is 13.3. The highest BCUT2D eigenvalue weighted by Crippen LogP contribution is 2.59.